The molecule has 0 rings (SSSR count). The first-order chi connectivity index (χ1) is 22.2. The normalized spacial score (nSPS) is 11.4. The van der Waals surface area contributed by atoms with Gasteiger partial charge in [0.2, 0.25) is 11.8 Å². The zero-order chi connectivity index (χ0) is 43.0. The molecule has 0 fully saturated rings. The number of Topliss-reactive ketones (excluding diaryl/α,β-unsaturated/α-hetero) is 2. The number of hydrogen-bond acceptors (Lipinski definition) is 6. The number of carbonyl (C=O) groups is 4. The summed E-state index contributed by atoms with van der Waals surface area (Å²) in [6, 6.07) is 0. The van der Waals surface area contributed by atoms with Gasteiger partial charge in [0.25, 0.3) is 0 Å². The van der Waals surface area contributed by atoms with Crippen LogP contribution in [-0.4, -0.2) is 108 Å². The molecule has 54 heavy (non-hydrogen) atoms. The van der Waals surface area contributed by atoms with Gasteiger partial charge in [-0.15, -0.1) is 0 Å². The van der Waals surface area contributed by atoms with Crippen LogP contribution in [-0.2, 0) is 77.6 Å². The van der Waals surface area contributed by atoms with Gasteiger partial charge in [0.15, 0.2) is 0 Å². The number of ketones is 2. The largest absolute Gasteiger partial charge is 0.659 e. The molecule has 10 nitrogen and oxygen atoms in total. The maximum absolute atomic E-state index is 11.1. The molecule has 0 saturated carbocycles. The Bertz CT molecular complexity index is 1030. The Labute approximate surface area is 374 Å². The van der Waals surface area contributed by atoms with E-state index in [1.54, 1.807) is 73.1 Å². The monoisotopic (exact) mass is 1030 g/mol. The van der Waals surface area contributed by atoms with E-state index in [0.29, 0.717) is 13.0 Å². The molecule has 333 valence electrons. The van der Waals surface area contributed by atoms with Crippen LogP contribution in [0, 0.1) is 32.5 Å². The quantitative estimate of drug-likeness (QED) is 0.121. The molecule has 0 aliphatic rings. The summed E-state index contributed by atoms with van der Waals surface area (Å²) in [6.45, 7) is 37.8. The number of rotatable bonds is 3. The van der Waals surface area contributed by atoms with Crippen molar-refractivity contribution in [3.63, 3.8) is 0 Å². The molecule has 0 aliphatic heterocycles. The molecule has 0 bridgehead atoms. The molecule has 2 amide bonds. The van der Waals surface area contributed by atoms with Crippen LogP contribution in [0.15, 0.2) is 9.98 Å². The summed E-state index contributed by atoms with van der Waals surface area (Å²) < 4.78 is 0. The molecule has 0 aromatic heterocycles. The van der Waals surface area contributed by atoms with Gasteiger partial charge in [-0.1, -0.05) is 151 Å². The maximum Gasteiger partial charge on any atom is 0.227 e. The Kier molecular flexibility index (Phi) is 47.2. The number of amidine groups is 1. The van der Waals surface area contributed by atoms with Crippen molar-refractivity contribution in [1.29, 1.82) is 0 Å². The van der Waals surface area contributed by atoms with E-state index in [1.165, 1.54) is 0 Å². The molecule has 0 spiro atoms. The fourth-order valence-corrected chi connectivity index (χ4v) is 2.77. The van der Waals surface area contributed by atoms with Gasteiger partial charge < -0.3 is 41.4 Å². The third kappa shape index (κ3) is 58.0. The van der Waals surface area contributed by atoms with Gasteiger partial charge in [0.05, 0.1) is 0 Å². The molecule has 0 aromatic rings. The van der Waals surface area contributed by atoms with Gasteiger partial charge in [-0.25, -0.2) is 0 Å². The molecule has 0 heterocycles. The van der Waals surface area contributed by atoms with Crippen LogP contribution in [0.25, 0.3) is 10.6 Å². The molecule has 0 atom stereocenters. The summed E-state index contributed by atoms with van der Waals surface area (Å²) in [7, 11) is 14.1. The standard InChI is InChI=1S/C8H17NO.C7H15N2.C7H15NO.C7H14NO.C6H12N.C6H12O.3Rh/c1-8(2,3)6-7(10)9(4)5;1-7(2,3)6(8-4)9-5;1-7(2,3)6(9)8(4)5;1-7(2,3)6(9)5-8-4;1-6(2,3)5-7-4;1-5(7)6(2,3)4;;;/h6H2,1-5H3;2*1-5H3;5H2,1-4H3;2*1-4H3;;;/q;-1;;2*-1;;;;. The van der Waals surface area contributed by atoms with Crippen molar-refractivity contribution < 1.29 is 77.6 Å². The first-order valence-corrected chi connectivity index (χ1v) is 17.6. The molecule has 0 unspecified atom stereocenters. The van der Waals surface area contributed by atoms with Crippen molar-refractivity contribution in [3.8, 4) is 0 Å². The molecule has 0 aromatic carbocycles. The van der Waals surface area contributed by atoms with E-state index in [9.17, 15) is 19.2 Å². The predicted octanol–water partition coefficient (Wildman–Crippen LogP) is 9.53. The predicted molar refractivity (Wildman–Crippen MR) is 225 cm³/mol. The molecule has 3 radical (unpaired) electrons. The summed E-state index contributed by atoms with van der Waals surface area (Å²) in [6.07, 6.45) is 3.53. The van der Waals surface area contributed by atoms with Crippen LogP contribution in [0.3, 0.4) is 0 Å². The van der Waals surface area contributed by atoms with Crippen molar-refractivity contribution in [2.24, 2.45) is 42.5 Å². The molecule has 0 N–H and O–H groups in total. The summed E-state index contributed by atoms with van der Waals surface area (Å²) in [5.74, 6) is 1.73. The van der Waals surface area contributed by atoms with E-state index in [2.05, 4.69) is 89.1 Å². The fourth-order valence-electron chi connectivity index (χ4n) is 2.77. The Balaban J connectivity index is -0.0000000638. The van der Waals surface area contributed by atoms with Crippen LogP contribution in [0.2, 0.25) is 0 Å². The van der Waals surface area contributed by atoms with Gasteiger partial charge in [-0.3, -0.25) is 14.4 Å². The summed E-state index contributed by atoms with van der Waals surface area (Å²) in [4.78, 5) is 54.6. The number of amides is 2. The minimum Gasteiger partial charge on any atom is -0.659 e. The molecule has 0 saturated heterocycles. The molecule has 13 heteroatoms. The van der Waals surface area contributed by atoms with Crippen molar-refractivity contribution >= 4 is 35.4 Å². The van der Waals surface area contributed by atoms with Crippen LogP contribution in [0.5, 0.6) is 0 Å². The second-order valence-electron chi connectivity index (χ2n) is 19.0. The van der Waals surface area contributed by atoms with E-state index >= 15 is 0 Å². The van der Waals surface area contributed by atoms with E-state index < -0.39 is 0 Å². The third-order valence-electron chi connectivity index (χ3n) is 5.96. The summed E-state index contributed by atoms with van der Waals surface area (Å²) in [5, 5.41) is 7.78. The summed E-state index contributed by atoms with van der Waals surface area (Å²) >= 11 is 0. The molecular weight excluding hydrogens is 949 g/mol. The van der Waals surface area contributed by atoms with Gasteiger partial charge >= 0.3 is 0 Å². The zero-order valence-corrected chi connectivity index (χ0v) is 44.6. The number of nitrogens with zero attached hydrogens (tertiary/aromatic N) is 6. The topological polar surface area (TPSA) is 128 Å². The SMILES string of the molecule is CC(=O)C(C)(C)C.CN(C)C(=O)C(C)(C)C.CN(C)C(=O)CC(C)(C)C.CN=C([N-]C)C(C)(C)C.CN=[C-]C(C)(C)C.C[N-]CC(=O)C(C)(C)C.[Rh].[Rh].[Rh]. The number of likely N-dealkylation sites (N-methyl/N-ethyl adjacent to an activating group) is 1. The second kappa shape index (κ2) is 34.3. The van der Waals surface area contributed by atoms with E-state index in [1.807, 2.05) is 62.3 Å². The smallest absolute Gasteiger partial charge is 0.227 e. The average Bonchev–Trinajstić information content (AvgIpc) is 2.86. The second-order valence-corrected chi connectivity index (χ2v) is 19.0. The van der Waals surface area contributed by atoms with Crippen molar-refractivity contribution in [2.75, 3.05) is 62.9 Å². The van der Waals surface area contributed by atoms with Crippen LogP contribution in [0.4, 0.5) is 0 Å². The zero-order valence-electron chi connectivity index (χ0n) is 39.7. The van der Waals surface area contributed by atoms with Crippen molar-refractivity contribution in [1.82, 2.24) is 9.80 Å². The van der Waals surface area contributed by atoms with Gasteiger partial charge in [0, 0.05) is 109 Å². The first kappa shape index (κ1) is 74.2. The van der Waals surface area contributed by atoms with E-state index in [4.69, 9.17) is 0 Å². The van der Waals surface area contributed by atoms with Crippen LogP contribution in [0.1, 0.15) is 138 Å². The summed E-state index contributed by atoms with van der Waals surface area (Å²) in [5.41, 5.74) is -0.247. The fraction of sp³-hybridized carbons (Fsp3) is 0.854. The Morgan fingerprint density at radius 1 is 0.593 bits per heavy atom. The Hall–Kier alpha value is -0.750. The number of hydrogen-bond donors (Lipinski definition) is 0. The number of carbonyl (C=O) groups excluding carboxylic acids is 4. The van der Waals surface area contributed by atoms with Crippen LogP contribution >= 0.6 is 0 Å². The molecule has 0 aliphatic carbocycles. The van der Waals surface area contributed by atoms with Gasteiger partial charge in [-0.05, 0) is 24.8 Å². The van der Waals surface area contributed by atoms with Gasteiger partial charge in [-0.2, -0.15) is 12.5 Å². The third-order valence-corrected chi connectivity index (χ3v) is 5.96. The van der Waals surface area contributed by atoms with E-state index in [0.717, 1.165) is 5.84 Å². The number of aliphatic imine (C=N–C) groups is 2. The van der Waals surface area contributed by atoms with Crippen molar-refractivity contribution in [3.05, 3.63) is 10.6 Å². The van der Waals surface area contributed by atoms with E-state index in [-0.39, 0.29) is 114 Å². The minimum atomic E-state index is -0.233. The average molecular weight is 1030 g/mol. The van der Waals surface area contributed by atoms with Crippen molar-refractivity contribution in [2.45, 2.75) is 138 Å². The Morgan fingerprint density at radius 3 is 0.981 bits per heavy atom. The first-order valence-electron chi connectivity index (χ1n) is 17.6. The molecular formula is C41H85N6O4Rh3-3. The van der Waals surface area contributed by atoms with Crippen LogP contribution < -0.4 is 0 Å². The Morgan fingerprint density at radius 2 is 0.944 bits per heavy atom. The van der Waals surface area contributed by atoms with Gasteiger partial charge in [0.1, 0.15) is 11.6 Å². The minimum absolute atomic E-state index is 0. The maximum atomic E-state index is 11.1.